The van der Waals surface area contributed by atoms with Gasteiger partial charge in [0.2, 0.25) is 0 Å². The second-order valence-corrected chi connectivity index (χ2v) is 7.42. The Hall–Kier alpha value is -2.04. The molecule has 1 aromatic carbocycles. The SMILES string of the molecule is Cc1cc(F)c(C2=CCN(C(=O)OC(C)(C)C)CC2)cc1N(C)C. The van der Waals surface area contributed by atoms with E-state index in [0.29, 0.717) is 25.1 Å². The third-order valence-electron chi connectivity index (χ3n) is 3.97. The normalized spacial score (nSPS) is 15.1. The van der Waals surface area contributed by atoms with E-state index in [1.165, 1.54) is 0 Å². The van der Waals surface area contributed by atoms with E-state index >= 15 is 0 Å². The summed E-state index contributed by atoms with van der Waals surface area (Å²) >= 11 is 0. The summed E-state index contributed by atoms with van der Waals surface area (Å²) < 4.78 is 19.8. The molecule has 0 atom stereocenters. The third kappa shape index (κ3) is 4.28. The van der Waals surface area contributed by atoms with Crippen LogP contribution in [0.25, 0.3) is 5.57 Å². The molecule has 1 amide bonds. The fraction of sp³-hybridized carbons (Fsp3) is 0.526. The number of carbonyl (C=O) groups is 1. The minimum absolute atomic E-state index is 0.213. The highest BCUT2D eigenvalue weighted by molar-refractivity contribution is 5.75. The molecule has 0 fully saturated rings. The molecule has 1 heterocycles. The highest BCUT2D eigenvalue weighted by Crippen LogP contribution is 2.30. The van der Waals surface area contributed by atoms with Crippen LogP contribution >= 0.6 is 0 Å². The van der Waals surface area contributed by atoms with Gasteiger partial charge < -0.3 is 14.5 Å². The van der Waals surface area contributed by atoms with Crippen LogP contribution in [-0.4, -0.2) is 43.8 Å². The van der Waals surface area contributed by atoms with Crippen molar-refractivity contribution >= 4 is 17.4 Å². The van der Waals surface area contributed by atoms with E-state index in [1.54, 1.807) is 11.0 Å². The molecular weight excluding hydrogens is 307 g/mol. The topological polar surface area (TPSA) is 32.8 Å². The first-order valence-electron chi connectivity index (χ1n) is 8.23. The summed E-state index contributed by atoms with van der Waals surface area (Å²) in [4.78, 5) is 15.7. The van der Waals surface area contributed by atoms with Gasteiger partial charge in [-0.1, -0.05) is 6.08 Å². The number of benzene rings is 1. The summed E-state index contributed by atoms with van der Waals surface area (Å²) in [7, 11) is 3.90. The largest absolute Gasteiger partial charge is 0.444 e. The fourth-order valence-electron chi connectivity index (χ4n) is 2.80. The molecule has 24 heavy (non-hydrogen) atoms. The molecule has 132 valence electrons. The van der Waals surface area contributed by atoms with E-state index in [1.807, 2.05) is 58.8 Å². The van der Waals surface area contributed by atoms with Gasteiger partial charge in [-0.2, -0.15) is 0 Å². The Bertz CT molecular complexity index is 660. The van der Waals surface area contributed by atoms with Crippen molar-refractivity contribution in [1.82, 2.24) is 4.90 Å². The van der Waals surface area contributed by atoms with E-state index in [-0.39, 0.29) is 11.9 Å². The zero-order valence-corrected chi connectivity index (χ0v) is 15.4. The van der Waals surface area contributed by atoms with Gasteiger partial charge in [0.05, 0.1) is 0 Å². The van der Waals surface area contributed by atoms with Gasteiger partial charge in [-0.25, -0.2) is 9.18 Å². The first-order chi connectivity index (χ1) is 11.1. The number of ether oxygens (including phenoxy) is 1. The van der Waals surface area contributed by atoms with Crippen LogP contribution in [0, 0.1) is 12.7 Å². The van der Waals surface area contributed by atoms with Gasteiger partial charge in [0.1, 0.15) is 11.4 Å². The van der Waals surface area contributed by atoms with E-state index in [9.17, 15) is 9.18 Å². The predicted octanol–water partition coefficient (Wildman–Crippen LogP) is 4.22. The lowest BCUT2D eigenvalue weighted by molar-refractivity contribution is 0.0270. The minimum atomic E-state index is -0.509. The second-order valence-electron chi connectivity index (χ2n) is 7.42. The van der Waals surface area contributed by atoms with Crippen LogP contribution in [0.3, 0.4) is 0 Å². The van der Waals surface area contributed by atoms with Crippen molar-refractivity contribution in [2.45, 2.75) is 39.7 Å². The zero-order valence-electron chi connectivity index (χ0n) is 15.4. The number of halogens is 1. The molecule has 0 bridgehead atoms. The minimum Gasteiger partial charge on any atom is -0.444 e. The van der Waals surface area contributed by atoms with E-state index < -0.39 is 5.60 Å². The van der Waals surface area contributed by atoms with Crippen molar-refractivity contribution in [1.29, 1.82) is 0 Å². The number of amides is 1. The average Bonchev–Trinajstić information content (AvgIpc) is 2.45. The van der Waals surface area contributed by atoms with Crippen LogP contribution in [-0.2, 0) is 4.74 Å². The van der Waals surface area contributed by atoms with Gasteiger partial charge in [-0.05, 0) is 57.4 Å². The maximum absolute atomic E-state index is 14.4. The van der Waals surface area contributed by atoms with Gasteiger partial charge in [-0.15, -0.1) is 0 Å². The quantitative estimate of drug-likeness (QED) is 0.811. The van der Waals surface area contributed by atoms with Crippen LogP contribution in [0.5, 0.6) is 0 Å². The standard InChI is InChI=1S/C19H27FN2O2/c1-13-11-16(20)15(12-17(13)21(5)6)14-7-9-22(10-8-14)18(23)24-19(2,3)4/h7,11-12H,8-10H2,1-6H3. The van der Waals surface area contributed by atoms with Crippen LogP contribution in [0.15, 0.2) is 18.2 Å². The molecule has 1 aliphatic rings. The second kappa shape index (κ2) is 6.83. The van der Waals surface area contributed by atoms with Crippen molar-refractivity contribution in [3.8, 4) is 0 Å². The van der Waals surface area contributed by atoms with Gasteiger partial charge in [-0.3, -0.25) is 0 Å². The molecule has 0 spiro atoms. The molecule has 1 aliphatic heterocycles. The third-order valence-corrected chi connectivity index (χ3v) is 3.97. The van der Waals surface area contributed by atoms with Crippen LogP contribution in [0.2, 0.25) is 0 Å². The molecule has 5 heteroatoms. The Kier molecular flexibility index (Phi) is 5.21. The number of rotatable bonds is 2. The zero-order chi connectivity index (χ0) is 18.1. The molecule has 0 N–H and O–H groups in total. The number of hydrogen-bond donors (Lipinski definition) is 0. The molecular formula is C19H27FN2O2. The number of hydrogen-bond acceptors (Lipinski definition) is 3. The number of carbonyl (C=O) groups excluding carboxylic acids is 1. The monoisotopic (exact) mass is 334 g/mol. The Labute approximate surface area is 143 Å². The van der Waals surface area contributed by atoms with E-state index in [0.717, 1.165) is 16.8 Å². The van der Waals surface area contributed by atoms with Gasteiger partial charge in [0, 0.05) is 38.4 Å². The summed E-state index contributed by atoms with van der Waals surface area (Å²) in [5.41, 5.74) is 2.96. The van der Waals surface area contributed by atoms with Gasteiger partial charge >= 0.3 is 6.09 Å². The summed E-state index contributed by atoms with van der Waals surface area (Å²) in [5.74, 6) is -0.213. The number of aryl methyl sites for hydroxylation is 1. The Morgan fingerprint density at radius 3 is 2.46 bits per heavy atom. The lowest BCUT2D eigenvalue weighted by atomic mass is 9.97. The van der Waals surface area contributed by atoms with Crippen LogP contribution < -0.4 is 4.90 Å². The number of nitrogens with zero attached hydrogens (tertiary/aromatic N) is 2. The highest BCUT2D eigenvalue weighted by atomic mass is 19.1. The average molecular weight is 334 g/mol. The molecule has 0 saturated heterocycles. The van der Waals surface area contributed by atoms with Crippen molar-refractivity contribution in [3.63, 3.8) is 0 Å². The first kappa shape index (κ1) is 18.3. The Morgan fingerprint density at radius 1 is 1.29 bits per heavy atom. The van der Waals surface area contributed by atoms with Crippen molar-refractivity contribution in [2.24, 2.45) is 0 Å². The maximum atomic E-state index is 14.4. The van der Waals surface area contributed by atoms with E-state index in [4.69, 9.17) is 4.74 Å². The Morgan fingerprint density at radius 2 is 1.96 bits per heavy atom. The molecule has 4 nitrogen and oxygen atoms in total. The smallest absolute Gasteiger partial charge is 0.410 e. The summed E-state index contributed by atoms with van der Waals surface area (Å²) in [5, 5.41) is 0. The first-order valence-corrected chi connectivity index (χ1v) is 8.23. The van der Waals surface area contributed by atoms with E-state index in [2.05, 4.69) is 0 Å². The van der Waals surface area contributed by atoms with Crippen LogP contribution in [0.1, 0.15) is 38.3 Å². The lowest BCUT2D eigenvalue weighted by Gasteiger charge is -2.30. The molecule has 1 aromatic rings. The fourth-order valence-corrected chi connectivity index (χ4v) is 2.80. The van der Waals surface area contributed by atoms with Crippen molar-refractivity contribution < 1.29 is 13.9 Å². The van der Waals surface area contributed by atoms with Crippen LogP contribution in [0.4, 0.5) is 14.9 Å². The molecule has 0 aromatic heterocycles. The number of anilines is 1. The molecule has 2 rings (SSSR count). The maximum Gasteiger partial charge on any atom is 0.410 e. The summed E-state index contributed by atoms with van der Waals surface area (Å²) in [6.45, 7) is 8.42. The van der Waals surface area contributed by atoms with Crippen molar-refractivity contribution in [3.05, 3.63) is 35.2 Å². The van der Waals surface area contributed by atoms with Crippen molar-refractivity contribution in [2.75, 3.05) is 32.1 Å². The molecule has 0 aliphatic carbocycles. The summed E-state index contributed by atoms with van der Waals surface area (Å²) in [6.07, 6.45) is 2.21. The lowest BCUT2D eigenvalue weighted by Crippen LogP contribution is -2.39. The van der Waals surface area contributed by atoms with Gasteiger partial charge in [0.25, 0.3) is 0 Å². The molecule has 0 radical (unpaired) electrons. The molecule has 0 saturated carbocycles. The Balaban J connectivity index is 2.18. The molecule has 0 unspecified atom stereocenters. The van der Waals surface area contributed by atoms with Gasteiger partial charge in [0.15, 0.2) is 0 Å². The predicted molar refractivity (Wildman–Crippen MR) is 95.9 cm³/mol. The summed E-state index contributed by atoms with van der Waals surface area (Å²) in [6, 6.07) is 3.46. The highest BCUT2D eigenvalue weighted by Gasteiger charge is 2.24.